The minimum Gasteiger partial charge on any atom is -0.493 e. The molecule has 0 bridgehead atoms. The van der Waals surface area contributed by atoms with Crippen molar-refractivity contribution in [3.63, 3.8) is 0 Å². The van der Waals surface area contributed by atoms with Gasteiger partial charge in [-0.3, -0.25) is 9.69 Å². The average Bonchev–Trinajstić information content (AvgIpc) is 3.42. The van der Waals surface area contributed by atoms with E-state index >= 15 is 0 Å². The smallest absolute Gasteiger partial charge is 0.255 e. The summed E-state index contributed by atoms with van der Waals surface area (Å²) in [6.45, 7) is 4.40. The van der Waals surface area contributed by atoms with Crippen molar-refractivity contribution >= 4 is 5.91 Å². The monoisotopic (exact) mass is 490 g/mol. The van der Waals surface area contributed by atoms with Crippen LogP contribution in [0.1, 0.15) is 54.5 Å². The van der Waals surface area contributed by atoms with Crippen LogP contribution in [-0.4, -0.2) is 35.8 Å². The molecule has 5 rings (SSSR count). The molecule has 2 atom stereocenters. The molecule has 0 radical (unpaired) electrons. The second-order valence-corrected chi connectivity index (χ2v) is 10.3. The van der Waals surface area contributed by atoms with Crippen LogP contribution >= 0.6 is 0 Å². The number of carbonyl (C=O) groups excluding carboxylic acids is 1. The molecule has 2 saturated carbocycles. The lowest BCUT2D eigenvalue weighted by atomic mass is 9.80. The molecule has 0 spiro atoms. The number of benzene rings is 2. The van der Waals surface area contributed by atoms with E-state index in [-0.39, 0.29) is 37.8 Å². The van der Waals surface area contributed by atoms with Crippen molar-refractivity contribution in [1.29, 1.82) is 0 Å². The highest BCUT2D eigenvalue weighted by molar-refractivity contribution is 5.80. The standard InChI is InChI=1S/C27H30F4N2O2/c1-17(32-25(34)22-11-26(28,29)12-22)19-4-2-18(3-5-19)14-33-9-8-20-10-24(7-6-21(20)15-33)35-16-23-13-27(23,30)31/h2-7,10,17,22-23H,8-9,11-16H2,1H3,(H,32,34)/t17-,23?/m0/s1. The molecular weight excluding hydrogens is 460 g/mol. The normalized spacial score (nSPS) is 23.6. The van der Waals surface area contributed by atoms with Gasteiger partial charge in [-0.05, 0) is 47.7 Å². The first-order valence-corrected chi connectivity index (χ1v) is 12.2. The summed E-state index contributed by atoms with van der Waals surface area (Å²) in [6, 6.07) is 13.6. The molecule has 2 aromatic carbocycles. The number of fused-ring (bicyclic) bond motifs is 1. The van der Waals surface area contributed by atoms with Gasteiger partial charge in [0.15, 0.2) is 0 Å². The van der Waals surface area contributed by atoms with E-state index in [1.54, 1.807) is 0 Å². The first-order valence-electron chi connectivity index (χ1n) is 12.2. The van der Waals surface area contributed by atoms with Crippen molar-refractivity contribution < 1.29 is 27.1 Å². The Morgan fingerprint density at radius 2 is 1.80 bits per heavy atom. The van der Waals surface area contributed by atoms with E-state index in [4.69, 9.17) is 4.74 Å². The average molecular weight is 491 g/mol. The molecule has 1 aliphatic heterocycles. The van der Waals surface area contributed by atoms with Crippen molar-refractivity contribution in [3.8, 4) is 5.75 Å². The largest absolute Gasteiger partial charge is 0.493 e. The van der Waals surface area contributed by atoms with Crippen molar-refractivity contribution in [2.45, 2.75) is 63.6 Å². The maximum atomic E-state index is 13.0. The second-order valence-electron chi connectivity index (χ2n) is 10.3. The third-order valence-electron chi connectivity index (χ3n) is 7.38. The molecule has 2 aromatic rings. The van der Waals surface area contributed by atoms with E-state index in [2.05, 4.69) is 10.2 Å². The molecule has 2 fully saturated rings. The molecular formula is C27H30F4N2O2. The Morgan fingerprint density at radius 1 is 1.09 bits per heavy atom. The number of hydrogen-bond donors (Lipinski definition) is 1. The molecule has 3 aliphatic rings. The highest BCUT2D eigenvalue weighted by atomic mass is 19.3. The van der Waals surface area contributed by atoms with Crippen LogP contribution in [0.5, 0.6) is 5.75 Å². The summed E-state index contributed by atoms with van der Waals surface area (Å²) >= 11 is 0. The van der Waals surface area contributed by atoms with Gasteiger partial charge in [0.05, 0.1) is 18.6 Å². The molecule has 1 N–H and O–H groups in total. The third-order valence-corrected chi connectivity index (χ3v) is 7.38. The highest BCUT2D eigenvalue weighted by Gasteiger charge is 2.57. The van der Waals surface area contributed by atoms with Gasteiger partial charge >= 0.3 is 0 Å². The minimum atomic E-state index is -2.70. The van der Waals surface area contributed by atoms with Crippen LogP contribution in [0.25, 0.3) is 0 Å². The molecule has 1 unspecified atom stereocenters. The maximum Gasteiger partial charge on any atom is 0.255 e. The number of ether oxygens (including phenoxy) is 1. The zero-order valence-corrected chi connectivity index (χ0v) is 19.7. The minimum absolute atomic E-state index is 0.0622. The summed E-state index contributed by atoms with van der Waals surface area (Å²) in [5.74, 6) is -6.17. The Kier molecular flexibility index (Phi) is 6.28. The number of nitrogens with one attached hydrogen (secondary N) is 1. The molecule has 8 heteroatoms. The molecule has 2 aliphatic carbocycles. The summed E-state index contributed by atoms with van der Waals surface area (Å²) < 4.78 is 57.7. The summed E-state index contributed by atoms with van der Waals surface area (Å²) in [5.41, 5.74) is 4.51. The maximum absolute atomic E-state index is 13.0. The third kappa shape index (κ3) is 5.63. The van der Waals surface area contributed by atoms with Crippen molar-refractivity contribution in [1.82, 2.24) is 10.2 Å². The number of rotatable bonds is 8. The topological polar surface area (TPSA) is 41.6 Å². The number of amides is 1. The molecule has 1 heterocycles. The van der Waals surface area contributed by atoms with Gasteiger partial charge < -0.3 is 10.1 Å². The fourth-order valence-electron chi connectivity index (χ4n) is 4.89. The number of alkyl halides is 4. The second kappa shape index (κ2) is 9.12. The van der Waals surface area contributed by atoms with E-state index in [1.807, 2.05) is 49.4 Å². The highest BCUT2D eigenvalue weighted by Crippen LogP contribution is 2.48. The summed E-state index contributed by atoms with van der Waals surface area (Å²) in [6.07, 6.45) is 0.0607. The van der Waals surface area contributed by atoms with Gasteiger partial charge in [-0.15, -0.1) is 0 Å². The van der Waals surface area contributed by atoms with E-state index in [0.717, 1.165) is 37.2 Å². The predicted octanol–water partition coefficient (Wildman–Crippen LogP) is 5.50. The fourth-order valence-corrected chi connectivity index (χ4v) is 4.89. The molecule has 0 saturated heterocycles. The molecule has 0 aromatic heterocycles. The van der Waals surface area contributed by atoms with Crippen LogP contribution in [0, 0.1) is 11.8 Å². The Labute approximate surface area is 202 Å². The van der Waals surface area contributed by atoms with Gasteiger partial charge in [0.1, 0.15) is 5.75 Å². The van der Waals surface area contributed by atoms with Gasteiger partial charge in [-0.2, -0.15) is 0 Å². The first kappa shape index (κ1) is 24.1. The Balaban J connectivity index is 1.11. The zero-order valence-electron chi connectivity index (χ0n) is 19.7. The summed E-state index contributed by atoms with van der Waals surface area (Å²) in [4.78, 5) is 14.5. The molecule has 1 amide bonds. The van der Waals surface area contributed by atoms with Gasteiger partial charge in [0.2, 0.25) is 11.8 Å². The number of hydrogen-bond acceptors (Lipinski definition) is 3. The van der Waals surface area contributed by atoms with Crippen LogP contribution in [0.4, 0.5) is 17.6 Å². The van der Waals surface area contributed by atoms with Crippen LogP contribution in [0.3, 0.4) is 0 Å². The van der Waals surface area contributed by atoms with Crippen molar-refractivity contribution in [3.05, 3.63) is 64.7 Å². The van der Waals surface area contributed by atoms with Crippen molar-refractivity contribution in [2.75, 3.05) is 13.2 Å². The summed E-state index contributed by atoms with van der Waals surface area (Å²) in [7, 11) is 0. The van der Waals surface area contributed by atoms with Crippen molar-refractivity contribution in [2.24, 2.45) is 11.8 Å². The van der Waals surface area contributed by atoms with E-state index in [9.17, 15) is 22.4 Å². The number of nitrogens with zero attached hydrogens (tertiary/aromatic N) is 1. The Morgan fingerprint density at radius 3 is 2.46 bits per heavy atom. The van der Waals surface area contributed by atoms with Gasteiger partial charge in [0.25, 0.3) is 5.92 Å². The molecule has 35 heavy (non-hydrogen) atoms. The van der Waals surface area contributed by atoms with Gasteiger partial charge in [0, 0.05) is 44.8 Å². The van der Waals surface area contributed by atoms with E-state index in [0.29, 0.717) is 5.75 Å². The zero-order chi connectivity index (χ0) is 24.8. The lowest BCUT2D eigenvalue weighted by molar-refractivity contribution is -0.150. The van der Waals surface area contributed by atoms with Gasteiger partial charge in [-0.25, -0.2) is 17.6 Å². The van der Waals surface area contributed by atoms with Crippen LogP contribution < -0.4 is 10.1 Å². The number of carbonyl (C=O) groups is 1. The summed E-state index contributed by atoms with van der Waals surface area (Å²) in [5, 5.41) is 2.84. The lowest BCUT2D eigenvalue weighted by Gasteiger charge is -2.34. The molecule has 4 nitrogen and oxygen atoms in total. The van der Waals surface area contributed by atoms with Crippen LogP contribution in [-0.2, 0) is 24.3 Å². The Bertz CT molecular complexity index is 1080. The van der Waals surface area contributed by atoms with Gasteiger partial charge in [-0.1, -0.05) is 30.3 Å². The fraction of sp³-hybridized carbons (Fsp3) is 0.519. The first-order chi connectivity index (χ1) is 16.6. The van der Waals surface area contributed by atoms with Crippen LogP contribution in [0.2, 0.25) is 0 Å². The van der Waals surface area contributed by atoms with E-state index in [1.165, 1.54) is 11.1 Å². The molecule has 188 valence electrons. The van der Waals surface area contributed by atoms with E-state index < -0.39 is 23.7 Å². The number of halogens is 4. The quantitative estimate of drug-likeness (QED) is 0.497. The predicted molar refractivity (Wildman–Crippen MR) is 123 cm³/mol. The SMILES string of the molecule is C[C@H](NC(=O)C1CC(F)(F)C1)c1ccc(CN2CCc3cc(OCC4CC4(F)F)ccc3C2)cc1. The van der Waals surface area contributed by atoms with Crippen LogP contribution in [0.15, 0.2) is 42.5 Å². The Hall–Kier alpha value is -2.61. The lowest BCUT2D eigenvalue weighted by Crippen LogP contribution is -2.45.